The van der Waals surface area contributed by atoms with Crippen LogP contribution in [-0.2, 0) is 26.2 Å². The minimum Gasteiger partial charge on any atom is -0.497 e. The van der Waals surface area contributed by atoms with Crippen LogP contribution in [0.3, 0.4) is 0 Å². The van der Waals surface area contributed by atoms with Gasteiger partial charge in [-0.2, -0.15) is 0 Å². The molecule has 2 aromatic carbocycles. The van der Waals surface area contributed by atoms with Crippen LogP contribution in [0.5, 0.6) is 11.5 Å². The van der Waals surface area contributed by atoms with Gasteiger partial charge in [0.2, 0.25) is 21.8 Å². The lowest BCUT2D eigenvalue weighted by Crippen LogP contribution is -2.53. The predicted molar refractivity (Wildman–Crippen MR) is 148 cm³/mol. The molecule has 0 saturated heterocycles. The highest BCUT2D eigenvalue weighted by atomic mass is 32.2. The molecule has 0 aliphatic heterocycles. The van der Waals surface area contributed by atoms with Crippen molar-refractivity contribution < 1.29 is 27.5 Å². The number of hydrogen-bond acceptors (Lipinski definition) is 6. The summed E-state index contributed by atoms with van der Waals surface area (Å²) in [5, 5.41) is 3.14. The number of rotatable bonds is 12. The second-order valence-electron chi connectivity index (χ2n) is 9.61. The smallest absolute Gasteiger partial charge is 0.244 e. The first kappa shape index (κ1) is 29.3. The van der Waals surface area contributed by atoms with Crippen molar-refractivity contribution in [1.82, 2.24) is 10.2 Å². The van der Waals surface area contributed by atoms with Gasteiger partial charge in [-0.3, -0.25) is 13.9 Å². The number of nitrogens with zero attached hydrogens (tertiary/aromatic N) is 2. The van der Waals surface area contributed by atoms with Gasteiger partial charge >= 0.3 is 0 Å². The molecule has 2 amide bonds. The molecule has 1 fully saturated rings. The van der Waals surface area contributed by atoms with Crippen molar-refractivity contribution in [2.75, 3.05) is 31.3 Å². The number of carbonyl (C=O) groups is 2. The minimum atomic E-state index is -3.82. The van der Waals surface area contributed by atoms with Crippen LogP contribution in [-0.4, -0.2) is 64.2 Å². The number of methoxy groups -OCH3 is 2. The molecule has 3 rings (SSSR count). The van der Waals surface area contributed by atoms with Crippen molar-refractivity contribution in [2.45, 2.75) is 64.1 Å². The van der Waals surface area contributed by atoms with E-state index < -0.39 is 28.5 Å². The highest BCUT2D eigenvalue weighted by Gasteiger charge is 2.33. The minimum absolute atomic E-state index is 0.0865. The van der Waals surface area contributed by atoms with E-state index in [1.807, 2.05) is 25.1 Å². The summed E-state index contributed by atoms with van der Waals surface area (Å²) in [5.74, 6) is 0.397. The average molecular weight is 546 g/mol. The molecule has 38 heavy (non-hydrogen) atoms. The molecule has 0 aromatic heterocycles. The van der Waals surface area contributed by atoms with Crippen LogP contribution in [0.4, 0.5) is 5.69 Å². The van der Waals surface area contributed by atoms with Crippen LogP contribution >= 0.6 is 0 Å². The molecule has 208 valence electrons. The summed E-state index contributed by atoms with van der Waals surface area (Å²) in [6.45, 7) is 1.53. The van der Waals surface area contributed by atoms with Gasteiger partial charge in [-0.05, 0) is 49.1 Å². The van der Waals surface area contributed by atoms with E-state index in [1.54, 1.807) is 37.4 Å². The molecule has 0 bridgehead atoms. The molecule has 1 N–H and O–H groups in total. The number of sulfonamides is 1. The fourth-order valence-electron chi connectivity index (χ4n) is 4.81. The van der Waals surface area contributed by atoms with Crippen LogP contribution in [0.2, 0.25) is 0 Å². The molecule has 1 unspecified atom stereocenters. The van der Waals surface area contributed by atoms with E-state index in [0.717, 1.165) is 48.2 Å². The highest BCUT2D eigenvalue weighted by molar-refractivity contribution is 7.92. The van der Waals surface area contributed by atoms with E-state index in [1.165, 1.54) is 12.0 Å². The van der Waals surface area contributed by atoms with Crippen molar-refractivity contribution in [3.05, 3.63) is 54.1 Å². The number of carbonyl (C=O) groups excluding carboxylic acids is 2. The van der Waals surface area contributed by atoms with Crippen molar-refractivity contribution in [1.29, 1.82) is 0 Å². The van der Waals surface area contributed by atoms with E-state index in [0.29, 0.717) is 23.6 Å². The summed E-state index contributed by atoms with van der Waals surface area (Å²) in [4.78, 5) is 28.8. The molecule has 10 heteroatoms. The van der Waals surface area contributed by atoms with Crippen molar-refractivity contribution in [3.8, 4) is 11.5 Å². The van der Waals surface area contributed by atoms with Gasteiger partial charge in [-0.15, -0.1) is 0 Å². The van der Waals surface area contributed by atoms with E-state index in [4.69, 9.17) is 9.47 Å². The maximum Gasteiger partial charge on any atom is 0.244 e. The molecule has 1 saturated carbocycles. The van der Waals surface area contributed by atoms with Crippen LogP contribution in [0.1, 0.15) is 51.0 Å². The number of benzene rings is 2. The van der Waals surface area contributed by atoms with E-state index >= 15 is 0 Å². The van der Waals surface area contributed by atoms with Gasteiger partial charge in [-0.25, -0.2) is 8.42 Å². The van der Waals surface area contributed by atoms with Crippen molar-refractivity contribution in [3.63, 3.8) is 0 Å². The average Bonchev–Trinajstić information content (AvgIpc) is 2.91. The molecule has 2 aromatic rings. The molecular formula is C28H39N3O6S. The fraction of sp³-hybridized carbons (Fsp3) is 0.500. The fourth-order valence-corrected chi connectivity index (χ4v) is 5.65. The van der Waals surface area contributed by atoms with E-state index in [-0.39, 0.29) is 18.5 Å². The summed E-state index contributed by atoms with van der Waals surface area (Å²) < 4.78 is 37.2. The third-order valence-electron chi connectivity index (χ3n) is 6.85. The number of amides is 2. The quantitative estimate of drug-likeness (QED) is 0.436. The molecule has 1 aliphatic carbocycles. The van der Waals surface area contributed by atoms with Crippen molar-refractivity contribution >= 4 is 27.5 Å². The SMILES string of the molecule is CCC(C(=O)NC1CCCCC1)N(Cc1cccc(OC)c1)C(=O)CN(c1cccc(OC)c1)S(C)(=O)=O. The Bertz CT molecular complexity index is 1200. The summed E-state index contributed by atoms with van der Waals surface area (Å²) in [6.07, 6.45) is 6.57. The molecular weight excluding hydrogens is 506 g/mol. The first-order chi connectivity index (χ1) is 18.2. The summed E-state index contributed by atoms with van der Waals surface area (Å²) in [5.41, 5.74) is 1.08. The lowest BCUT2D eigenvalue weighted by atomic mass is 9.95. The zero-order valence-corrected chi connectivity index (χ0v) is 23.5. The predicted octanol–water partition coefficient (Wildman–Crippen LogP) is 3.73. The molecule has 0 radical (unpaired) electrons. The lowest BCUT2D eigenvalue weighted by Gasteiger charge is -2.34. The Morgan fingerprint density at radius 1 is 1.00 bits per heavy atom. The summed E-state index contributed by atoms with van der Waals surface area (Å²) in [7, 11) is -0.771. The maximum atomic E-state index is 13.9. The summed E-state index contributed by atoms with van der Waals surface area (Å²) in [6, 6.07) is 13.1. The standard InChI is InChI=1S/C28H39N3O6S/c1-5-26(28(33)29-22-12-7-6-8-13-22)30(19-21-11-9-15-24(17-21)36-2)27(32)20-31(38(4,34)35)23-14-10-16-25(18-23)37-3/h9-11,14-18,22,26H,5-8,12-13,19-20H2,1-4H3,(H,29,33). The third-order valence-corrected chi connectivity index (χ3v) is 7.99. The van der Waals surface area contributed by atoms with Crippen LogP contribution < -0.4 is 19.1 Å². The van der Waals surface area contributed by atoms with Crippen molar-refractivity contribution in [2.24, 2.45) is 0 Å². The topological polar surface area (TPSA) is 105 Å². The Kier molecular flexibility index (Phi) is 10.4. The van der Waals surface area contributed by atoms with Gasteiger partial charge in [0.15, 0.2) is 0 Å². The molecule has 0 spiro atoms. The first-order valence-corrected chi connectivity index (χ1v) is 14.9. The lowest BCUT2D eigenvalue weighted by molar-refractivity contribution is -0.140. The monoisotopic (exact) mass is 545 g/mol. The molecule has 9 nitrogen and oxygen atoms in total. The van der Waals surface area contributed by atoms with Crippen LogP contribution in [0.15, 0.2) is 48.5 Å². The second kappa shape index (κ2) is 13.5. The maximum absolute atomic E-state index is 13.9. The van der Waals surface area contributed by atoms with Gasteiger partial charge in [0.25, 0.3) is 0 Å². The van der Waals surface area contributed by atoms with Gasteiger partial charge in [0, 0.05) is 18.7 Å². The third kappa shape index (κ3) is 7.86. The molecule has 0 heterocycles. The molecule has 1 atom stereocenters. The number of ether oxygens (including phenoxy) is 2. The van der Waals surface area contributed by atoms with Gasteiger partial charge < -0.3 is 19.7 Å². The van der Waals surface area contributed by atoms with Gasteiger partial charge in [0.1, 0.15) is 24.1 Å². The summed E-state index contributed by atoms with van der Waals surface area (Å²) >= 11 is 0. The van der Waals surface area contributed by atoms with Crippen LogP contribution in [0.25, 0.3) is 0 Å². The van der Waals surface area contributed by atoms with E-state index in [2.05, 4.69) is 5.32 Å². The first-order valence-electron chi connectivity index (χ1n) is 13.0. The number of nitrogens with one attached hydrogen (secondary N) is 1. The van der Waals surface area contributed by atoms with E-state index in [9.17, 15) is 18.0 Å². The normalized spacial score (nSPS) is 14.8. The Morgan fingerprint density at radius 2 is 1.63 bits per heavy atom. The van der Waals surface area contributed by atoms with Gasteiger partial charge in [-0.1, -0.05) is 44.4 Å². The Morgan fingerprint density at radius 3 is 2.24 bits per heavy atom. The Balaban J connectivity index is 1.93. The second-order valence-corrected chi connectivity index (χ2v) is 11.5. The van der Waals surface area contributed by atoms with Crippen LogP contribution in [0, 0.1) is 0 Å². The number of anilines is 1. The Labute approximate surface area is 226 Å². The zero-order valence-electron chi connectivity index (χ0n) is 22.7. The number of hydrogen-bond donors (Lipinski definition) is 1. The highest BCUT2D eigenvalue weighted by Crippen LogP contribution is 2.25. The zero-order chi connectivity index (χ0) is 27.7. The Hall–Kier alpha value is -3.27. The largest absolute Gasteiger partial charge is 0.497 e. The molecule has 1 aliphatic rings. The van der Waals surface area contributed by atoms with Gasteiger partial charge in [0.05, 0.1) is 26.2 Å².